The average Bonchev–Trinajstić information content (AvgIpc) is 3.12. The lowest BCUT2D eigenvalue weighted by molar-refractivity contribution is 0.110. The first-order chi connectivity index (χ1) is 12.2. The molecule has 2 atom stereocenters. The molecule has 1 aliphatic heterocycles. The minimum absolute atomic E-state index is 0.00763. The zero-order chi connectivity index (χ0) is 17.2. The lowest BCUT2D eigenvalue weighted by atomic mass is 10.1. The zero-order valence-corrected chi connectivity index (χ0v) is 14.0. The monoisotopic (exact) mass is 342 g/mol. The fourth-order valence-corrected chi connectivity index (χ4v) is 3.35. The van der Waals surface area contributed by atoms with Gasteiger partial charge in [0.2, 0.25) is 0 Å². The largest absolute Gasteiger partial charge is 0.467 e. The molecule has 2 fully saturated rings. The van der Waals surface area contributed by atoms with E-state index in [2.05, 4.69) is 15.3 Å². The molecule has 0 unspecified atom stereocenters. The predicted octanol–water partition coefficient (Wildman–Crippen LogP) is 3.07. The Morgan fingerprint density at radius 1 is 1.36 bits per heavy atom. The van der Waals surface area contributed by atoms with Gasteiger partial charge in [0, 0.05) is 24.9 Å². The van der Waals surface area contributed by atoms with Crippen LogP contribution in [-0.4, -0.2) is 38.6 Å². The molecule has 0 spiro atoms. The van der Waals surface area contributed by atoms with Gasteiger partial charge in [-0.15, -0.1) is 0 Å². The van der Waals surface area contributed by atoms with Crippen LogP contribution in [0.2, 0.25) is 0 Å². The van der Waals surface area contributed by atoms with E-state index in [4.69, 9.17) is 4.42 Å². The molecule has 3 heterocycles. The SMILES string of the molecule is O=C(Nc1cnc(C2CC2)nc1)N1CCC[C@@H]1C[C@@H](O)c1ccco1. The maximum atomic E-state index is 12.6. The number of likely N-dealkylation sites (tertiary alicyclic amines) is 1. The van der Waals surface area contributed by atoms with Crippen LogP contribution in [0.25, 0.3) is 0 Å². The Labute approximate surface area is 146 Å². The summed E-state index contributed by atoms with van der Waals surface area (Å²) in [5, 5.41) is 13.1. The summed E-state index contributed by atoms with van der Waals surface area (Å²) in [5.74, 6) is 1.89. The molecule has 132 valence electrons. The summed E-state index contributed by atoms with van der Waals surface area (Å²) < 4.78 is 5.25. The van der Waals surface area contributed by atoms with Crippen LogP contribution in [0.1, 0.15) is 55.7 Å². The minimum atomic E-state index is -0.699. The summed E-state index contributed by atoms with van der Waals surface area (Å²) in [6.07, 6.45) is 8.76. The number of hydrogen-bond acceptors (Lipinski definition) is 5. The van der Waals surface area contributed by atoms with Crippen LogP contribution >= 0.6 is 0 Å². The van der Waals surface area contributed by atoms with Gasteiger partial charge in [0.25, 0.3) is 0 Å². The Balaban J connectivity index is 1.36. The van der Waals surface area contributed by atoms with Gasteiger partial charge in [-0.1, -0.05) is 0 Å². The van der Waals surface area contributed by atoms with Crippen molar-refractivity contribution in [3.63, 3.8) is 0 Å². The molecule has 2 aromatic heterocycles. The Morgan fingerprint density at radius 3 is 2.84 bits per heavy atom. The van der Waals surface area contributed by atoms with Gasteiger partial charge >= 0.3 is 6.03 Å². The number of anilines is 1. The second kappa shape index (κ2) is 6.84. The molecular formula is C18H22N4O3. The van der Waals surface area contributed by atoms with Gasteiger partial charge in [-0.25, -0.2) is 14.8 Å². The van der Waals surface area contributed by atoms with Crippen molar-refractivity contribution in [2.45, 2.75) is 50.2 Å². The summed E-state index contributed by atoms with van der Waals surface area (Å²) in [6.45, 7) is 0.683. The second-order valence-corrected chi connectivity index (χ2v) is 6.79. The van der Waals surface area contributed by atoms with Crippen LogP contribution in [0, 0.1) is 0 Å². The molecule has 2 N–H and O–H groups in total. The molecule has 4 rings (SSSR count). The van der Waals surface area contributed by atoms with Crippen molar-refractivity contribution in [3.8, 4) is 0 Å². The molecule has 0 aromatic carbocycles. The smallest absolute Gasteiger partial charge is 0.322 e. The highest BCUT2D eigenvalue weighted by atomic mass is 16.4. The highest BCUT2D eigenvalue weighted by Crippen LogP contribution is 2.37. The maximum absolute atomic E-state index is 12.6. The molecule has 2 amide bonds. The van der Waals surface area contributed by atoms with Crippen molar-refractivity contribution in [3.05, 3.63) is 42.4 Å². The van der Waals surface area contributed by atoms with Crippen molar-refractivity contribution >= 4 is 11.7 Å². The summed E-state index contributed by atoms with van der Waals surface area (Å²) >= 11 is 0. The van der Waals surface area contributed by atoms with Crippen molar-refractivity contribution in [2.24, 2.45) is 0 Å². The summed E-state index contributed by atoms with van der Waals surface area (Å²) in [5.41, 5.74) is 0.603. The number of carbonyl (C=O) groups is 1. The highest BCUT2D eigenvalue weighted by molar-refractivity contribution is 5.89. The molecule has 7 nitrogen and oxygen atoms in total. The summed E-state index contributed by atoms with van der Waals surface area (Å²) in [4.78, 5) is 23.0. The van der Waals surface area contributed by atoms with Gasteiger partial charge in [-0.2, -0.15) is 0 Å². The molecule has 7 heteroatoms. The van der Waals surface area contributed by atoms with Crippen molar-refractivity contribution < 1.29 is 14.3 Å². The molecule has 1 saturated heterocycles. The van der Waals surface area contributed by atoms with Crippen LogP contribution in [0.15, 0.2) is 35.2 Å². The van der Waals surface area contributed by atoms with Crippen molar-refractivity contribution in [1.29, 1.82) is 0 Å². The predicted molar refractivity (Wildman–Crippen MR) is 91.0 cm³/mol. The zero-order valence-electron chi connectivity index (χ0n) is 14.0. The third-order valence-corrected chi connectivity index (χ3v) is 4.87. The third kappa shape index (κ3) is 3.66. The number of hydrogen-bond donors (Lipinski definition) is 2. The molecule has 1 aliphatic carbocycles. The quantitative estimate of drug-likeness (QED) is 0.871. The molecule has 1 saturated carbocycles. The number of nitrogens with one attached hydrogen (secondary N) is 1. The summed E-state index contributed by atoms with van der Waals surface area (Å²) in [6, 6.07) is 3.33. The van der Waals surface area contributed by atoms with E-state index in [1.807, 2.05) is 0 Å². The van der Waals surface area contributed by atoms with Crippen LogP contribution < -0.4 is 5.32 Å². The van der Waals surface area contributed by atoms with Crippen LogP contribution in [0.5, 0.6) is 0 Å². The fraction of sp³-hybridized carbons (Fsp3) is 0.500. The Kier molecular flexibility index (Phi) is 4.40. The number of nitrogens with zero attached hydrogens (tertiary/aromatic N) is 3. The first-order valence-corrected chi connectivity index (χ1v) is 8.82. The fourth-order valence-electron chi connectivity index (χ4n) is 3.35. The number of furan rings is 1. The Morgan fingerprint density at radius 2 is 2.16 bits per heavy atom. The Bertz CT molecular complexity index is 712. The number of urea groups is 1. The number of amides is 2. The van der Waals surface area contributed by atoms with Crippen LogP contribution in [-0.2, 0) is 0 Å². The highest BCUT2D eigenvalue weighted by Gasteiger charge is 2.31. The number of aliphatic hydroxyl groups is 1. The normalized spacial score (nSPS) is 21.3. The third-order valence-electron chi connectivity index (χ3n) is 4.87. The van der Waals surface area contributed by atoms with E-state index in [0.29, 0.717) is 30.3 Å². The standard InChI is InChI=1S/C18H22N4O3/c23-15(16-4-2-8-25-16)9-14-3-1-7-22(14)18(24)21-13-10-19-17(20-11-13)12-5-6-12/h2,4,8,10-12,14-15,23H,1,3,5-7,9H2,(H,21,24)/t14-,15-/m1/s1. The molecule has 0 radical (unpaired) electrons. The van der Waals surface area contributed by atoms with Crippen molar-refractivity contribution in [2.75, 3.05) is 11.9 Å². The van der Waals surface area contributed by atoms with Gasteiger partial charge < -0.3 is 19.7 Å². The first kappa shape index (κ1) is 16.1. The van der Waals surface area contributed by atoms with E-state index in [0.717, 1.165) is 31.5 Å². The van der Waals surface area contributed by atoms with Crippen LogP contribution in [0.4, 0.5) is 10.5 Å². The topological polar surface area (TPSA) is 91.5 Å². The van der Waals surface area contributed by atoms with E-state index in [1.165, 1.54) is 0 Å². The van der Waals surface area contributed by atoms with E-state index < -0.39 is 6.10 Å². The van der Waals surface area contributed by atoms with E-state index in [1.54, 1.807) is 35.7 Å². The van der Waals surface area contributed by atoms with Gasteiger partial charge in [-0.3, -0.25) is 0 Å². The molecule has 25 heavy (non-hydrogen) atoms. The van der Waals surface area contributed by atoms with E-state index >= 15 is 0 Å². The maximum Gasteiger partial charge on any atom is 0.322 e. The van der Waals surface area contributed by atoms with Gasteiger partial charge in [0.05, 0.1) is 24.3 Å². The van der Waals surface area contributed by atoms with E-state index in [-0.39, 0.29) is 12.1 Å². The molecule has 2 aromatic rings. The van der Waals surface area contributed by atoms with Crippen molar-refractivity contribution in [1.82, 2.24) is 14.9 Å². The number of rotatable bonds is 5. The number of aliphatic hydroxyl groups excluding tert-OH is 1. The molecule has 0 bridgehead atoms. The van der Waals surface area contributed by atoms with Gasteiger partial charge in [0.1, 0.15) is 17.7 Å². The average molecular weight is 342 g/mol. The van der Waals surface area contributed by atoms with E-state index in [9.17, 15) is 9.90 Å². The van der Waals surface area contributed by atoms with Gasteiger partial charge in [0.15, 0.2) is 0 Å². The lowest BCUT2D eigenvalue weighted by Gasteiger charge is -2.26. The number of carbonyl (C=O) groups excluding carboxylic acids is 1. The van der Waals surface area contributed by atoms with Crippen LogP contribution in [0.3, 0.4) is 0 Å². The number of aromatic nitrogens is 2. The Hall–Kier alpha value is -2.41. The summed E-state index contributed by atoms with van der Waals surface area (Å²) in [7, 11) is 0. The molecular weight excluding hydrogens is 320 g/mol. The minimum Gasteiger partial charge on any atom is -0.467 e. The lowest BCUT2D eigenvalue weighted by Crippen LogP contribution is -2.39. The van der Waals surface area contributed by atoms with Gasteiger partial charge in [-0.05, 0) is 37.8 Å². The first-order valence-electron chi connectivity index (χ1n) is 8.82. The molecule has 2 aliphatic rings. The second-order valence-electron chi connectivity index (χ2n) is 6.79.